The number of anilines is 2. The van der Waals surface area contributed by atoms with E-state index in [1.54, 1.807) is 6.07 Å². The minimum absolute atomic E-state index is 0.0196. The first kappa shape index (κ1) is 17.3. The van der Waals surface area contributed by atoms with Crippen LogP contribution in [0.5, 0.6) is 0 Å². The summed E-state index contributed by atoms with van der Waals surface area (Å²) >= 11 is 4.65. The molecule has 2 aromatic carbocycles. The SMILES string of the molecule is Cc1cc(Br)ccc1NC(=O)CNc1nc2ccc([N+](=O)[O-])cc2s1. The van der Waals surface area contributed by atoms with Crippen LogP contribution in [0.25, 0.3) is 10.2 Å². The fourth-order valence-electron chi connectivity index (χ4n) is 2.22. The number of aryl methyl sites for hydroxylation is 1. The number of nitrogens with zero attached hydrogens (tertiary/aromatic N) is 2. The fraction of sp³-hybridized carbons (Fsp3) is 0.125. The highest BCUT2D eigenvalue weighted by molar-refractivity contribution is 9.10. The Morgan fingerprint density at radius 2 is 2.12 bits per heavy atom. The van der Waals surface area contributed by atoms with Gasteiger partial charge in [-0.1, -0.05) is 27.3 Å². The highest BCUT2D eigenvalue weighted by Gasteiger charge is 2.11. The summed E-state index contributed by atoms with van der Waals surface area (Å²) in [6.45, 7) is 1.96. The van der Waals surface area contributed by atoms with Crippen molar-refractivity contribution in [3.63, 3.8) is 0 Å². The lowest BCUT2D eigenvalue weighted by molar-refractivity contribution is -0.384. The molecule has 9 heteroatoms. The zero-order valence-corrected chi connectivity index (χ0v) is 15.5. The molecule has 3 rings (SSSR count). The number of nitrogens with one attached hydrogen (secondary N) is 2. The van der Waals surface area contributed by atoms with E-state index in [9.17, 15) is 14.9 Å². The van der Waals surface area contributed by atoms with Crippen molar-refractivity contribution in [3.05, 3.63) is 56.5 Å². The summed E-state index contributed by atoms with van der Waals surface area (Å²) in [7, 11) is 0. The minimum atomic E-state index is -0.444. The van der Waals surface area contributed by atoms with Gasteiger partial charge in [0.15, 0.2) is 5.13 Å². The number of hydrogen-bond donors (Lipinski definition) is 2. The van der Waals surface area contributed by atoms with Gasteiger partial charge in [-0.3, -0.25) is 14.9 Å². The van der Waals surface area contributed by atoms with Gasteiger partial charge in [0.2, 0.25) is 5.91 Å². The minimum Gasteiger partial charge on any atom is -0.352 e. The number of halogens is 1. The predicted molar refractivity (Wildman–Crippen MR) is 102 cm³/mol. The van der Waals surface area contributed by atoms with Gasteiger partial charge in [0.05, 0.1) is 21.7 Å². The highest BCUT2D eigenvalue weighted by Crippen LogP contribution is 2.29. The van der Waals surface area contributed by atoms with Crippen molar-refractivity contribution in [1.29, 1.82) is 0 Å². The molecule has 1 amide bonds. The molecule has 0 saturated carbocycles. The number of nitro groups is 1. The summed E-state index contributed by atoms with van der Waals surface area (Å²) in [5.41, 5.74) is 2.37. The quantitative estimate of drug-likeness (QED) is 0.472. The van der Waals surface area contributed by atoms with Crippen LogP contribution in [0.4, 0.5) is 16.5 Å². The van der Waals surface area contributed by atoms with Gasteiger partial charge in [-0.2, -0.15) is 0 Å². The molecular formula is C16H13BrN4O3S. The molecule has 0 saturated heterocycles. The Morgan fingerprint density at radius 1 is 1.32 bits per heavy atom. The first-order valence-electron chi connectivity index (χ1n) is 7.27. The van der Waals surface area contributed by atoms with Gasteiger partial charge in [-0.15, -0.1) is 0 Å². The first-order chi connectivity index (χ1) is 11.9. The van der Waals surface area contributed by atoms with Crippen LogP contribution in [-0.2, 0) is 4.79 Å². The third kappa shape index (κ3) is 4.12. The molecule has 25 heavy (non-hydrogen) atoms. The lowest BCUT2D eigenvalue weighted by atomic mass is 10.2. The Bertz CT molecular complexity index is 973. The molecule has 0 atom stereocenters. The van der Waals surface area contributed by atoms with Gasteiger partial charge in [-0.25, -0.2) is 4.98 Å². The van der Waals surface area contributed by atoms with Crippen molar-refractivity contribution in [2.45, 2.75) is 6.92 Å². The molecule has 7 nitrogen and oxygen atoms in total. The van der Waals surface area contributed by atoms with E-state index in [2.05, 4.69) is 31.5 Å². The molecule has 0 aliphatic rings. The molecule has 1 aromatic heterocycles. The normalized spacial score (nSPS) is 10.6. The van der Waals surface area contributed by atoms with E-state index in [4.69, 9.17) is 0 Å². The lowest BCUT2D eigenvalue weighted by Crippen LogP contribution is -2.22. The number of fused-ring (bicyclic) bond motifs is 1. The molecule has 2 N–H and O–H groups in total. The van der Waals surface area contributed by atoms with E-state index >= 15 is 0 Å². The fourth-order valence-corrected chi connectivity index (χ4v) is 3.59. The maximum atomic E-state index is 12.1. The third-order valence-corrected chi connectivity index (χ3v) is 4.91. The number of benzene rings is 2. The number of carbonyl (C=O) groups is 1. The molecule has 0 unspecified atom stereocenters. The topological polar surface area (TPSA) is 97.2 Å². The van der Waals surface area contributed by atoms with Gasteiger partial charge in [0, 0.05) is 22.3 Å². The third-order valence-electron chi connectivity index (χ3n) is 3.45. The van der Waals surface area contributed by atoms with Crippen molar-refractivity contribution in [3.8, 4) is 0 Å². The van der Waals surface area contributed by atoms with Gasteiger partial charge in [-0.05, 0) is 36.8 Å². The van der Waals surface area contributed by atoms with Crippen molar-refractivity contribution in [2.75, 3.05) is 17.2 Å². The van der Waals surface area contributed by atoms with Crippen LogP contribution in [0.3, 0.4) is 0 Å². The highest BCUT2D eigenvalue weighted by atomic mass is 79.9. The van der Waals surface area contributed by atoms with Gasteiger partial charge in [0.1, 0.15) is 0 Å². The molecule has 0 fully saturated rings. The van der Waals surface area contributed by atoms with Crippen LogP contribution >= 0.6 is 27.3 Å². The van der Waals surface area contributed by atoms with Crippen molar-refractivity contribution in [2.24, 2.45) is 0 Å². The van der Waals surface area contributed by atoms with Gasteiger partial charge >= 0.3 is 0 Å². The van der Waals surface area contributed by atoms with Crippen LogP contribution in [0.2, 0.25) is 0 Å². The molecule has 0 spiro atoms. The molecule has 3 aromatic rings. The molecular weight excluding hydrogens is 408 g/mol. The summed E-state index contributed by atoms with van der Waals surface area (Å²) < 4.78 is 1.64. The van der Waals surface area contributed by atoms with Crippen LogP contribution in [0.1, 0.15) is 5.56 Å². The van der Waals surface area contributed by atoms with Crippen molar-refractivity contribution >= 4 is 59.9 Å². The zero-order chi connectivity index (χ0) is 18.0. The van der Waals surface area contributed by atoms with Crippen LogP contribution in [0, 0.1) is 17.0 Å². The first-order valence-corrected chi connectivity index (χ1v) is 8.88. The number of amides is 1. The Morgan fingerprint density at radius 3 is 2.84 bits per heavy atom. The Balaban J connectivity index is 1.65. The van der Waals surface area contributed by atoms with E-state index in [1.165, 1.54) is 23.5 Å². The predicted octanol–water partition coefficient (Wildman–Crippen LogP) is 4.33. The largest absolute Gasteiger partial charge is 0.352 e. The summed E-state index contributed by atoms with van der Waals surface area (Å²) in [5.74, 6) is -0.198. The maximum Gasteiger partial charge on any atom is 0.270 e. The van der Waals surface area contributed by atoms with E-state index < -0.39 is 4.92 Å². The molecule has 0 radical (unpaired) electrons. The molecule has 128 valence electrons. The average molecular weight is 421 g/mol. The molecule has 0 bridgehead atoms. The van der Waals surface area contributed by atoms with Crippen molar-refractivity contribution < 1.29 is 9.72 Å². The lowest BCUT2D eigenvalue weighted by Gasteiger charge is -2.09. The van der Waals surface area contributed by atoms with Crippen LogP contribution < -0.4 is 10.6 Å². The molecule has 0 aliphatic carbocycles. The number of nitro benzene ring substituents is 1. The maximum absolute atomic E-state index is 12.1. The van der Waals surface area contributed by atoms with Gasteiger partial charge < -0.3 is 10.6 Å². The molecule has 1 heterocycles. The number of rotatable bonds is 5. The summed E-state index contributed by atoms with van der Waals surface area (Å²) in [4.78, 5) is 26.8. The summed E-state index contributed by atoms with van der Waals surface area (Å²) in [5, 5.41) is 17.1. The Hall–Kier alpha value is -2.52. The number of non-ortho nitro benzene ring substituents is 1. The second kappa shape index (κ2) is 7.16. The number of hydrogen-bond acceptors (Lipinski definition) is 6. The zero-order valence-electron chi connectivity index (χ0n) is 13.1. The van der Waals surface area contributed by atoms with Gasteiger partial charge in [0.25, 0.3) is 5.69 Å². The van der Waals surface area contributed by atoms with Crippen LogP contribution in [-0.4, -0.2) is 22.4 Å². The second-order valence-electron chi connectivity index (χ2n) is 5.29. The number of aromatic nitrogens is 1. The Labute approximate surface area is 155 Å². The summed E-state index contributed by atoms with van der Waals surface area (Å²) in [6.07, 6.45) is 0. The average Bonchev–Trinajstić information content (AvgIpc) is 2.97. The number of carbonyl (C=O) groups excluding carboxylic acids is 1. The molecule has 0 aliphatic heterocycles. The second-order valence-corrected chi connectivity index (χ2v) is 7.24. The van der Waals surface area contributed by atoms with E-state index in [0.29, 0.717) is 15.3 Å². The van der Waals surface area contributed by atoms with E-state index in [1.807, 2.05) is 25.1 Å². The summed E-state index contributed by atoms with van der Waals surface area (Å²) in [6, 6.07) is 10.1. The Kier molecular flexibility index (Phi) is 4.95. The van der Waals surface area contributed by atoms with Crippen LogP contribution in [0.15, 0.2) is 40.9 Å². The standard InChI is InChI=1S/C16H13BrN4O3S/c1-9-6-10(17)2-4-12(9)19-15(22)8-18-16-20-13-5-3-11(21(23)24)7-14(13)25-16/h2-7H,8H2,1H3,(H,18,20)(H,19,22). The smallest absolute Gasteiger partial charge is 0.270 e. The monoisotopic (exact) mass is 420 g/mol. The van der Waals surface area contributed by atoms with Crippen molar-refractivity contribution in [1.82, 2.24) is 4.98 Å². The van der Waals surface area contributed by atoms with E-state index in [0.717, 1.165) is 15.7 Å². The van der Waals surface area contributed by atoms with E-state index in [-0.39, 0.29) is 18.1 Å². The number of thiazole rings is 1.